The van der Waals surface area contributed by atoms with Gasteiger partial charge in [0.1, 0.15) is 19.3 Å². The maximum atomic E-state index is 13.0. The number of ether oxygens (including phenoxy) is 4. The van der Waals surface area contributed by atoms with Crippen molar-refractivity contribution in [3.63, 3.8) is 0 Å². The molecule has 0 spiro atoms. The molecule has 0 rings (SSSR count). The first-order valence-electron chi connectivity index (χ1n) is 34.1. The van der Waals surface area contributed by atoms with Gasteiger partial charge >= 0.3 is 39.5 Å². The topological polar surface area (TPSA) is 237 Å². The number of hydrogen-bond donors (Lipinski definition) is 3. The lowest BCUT2D eigenvalue weighted by Gasteiger charge is -2.21. The second-order valence-electron chi connectivity index (χ2n) is 23.2. The van der Waals surface area contributed by atoms with Gasteiger partial charge in [-0.25, -0.2) is 9.13 Å². The van der Waals surface area contributed by atoms with E-state index in [1.165, 1.54) is 103 Å². The number of phosphoric acid groups is 2. The fourth-order valence-corrected chi connectivity index (χ4v) is 11.0. The highest BCUT2D eigenvalue weighted by Gasteiger charge is 2.30. The van der Waals surface area contributed by atoms with Gasteiger partial charge in [-0.15, -0.1) is 0 Å². The molecule has 0 aliphatic carbocycles. The van der Waals surface area contributed by atoms with Crippen LogP contribution in [0.3, 0.4) is 0 Å². The van der Waals surface area contributed by atoms with E-state index in [1.807, 2.05) is 0 Å². The molecule has 0 amide bonds. The van der Waals surface area contributed by atoms with E-state index in [0.717, 1.165) is 135 Å². The number of aliphatic hydroxyl groups is 1. The molecule has 3 N–H and O–H groups in total. The molecular formula is C66H124O17P2. The van der Waals surface area contributed by atoms with Crippen LogP contribution in [0.5, 0.6) is 0 Å². The molecule has 0 aliphatic heterocycles. The summed E-state index contributed by atoms with van der Waals surface area (Å²) in [5.74, 6) is -2.17. The van der Waals surface area contributed by atoms with Crippen LogP contribution in [-0.2, 0) is 65.4 Å². The van der Waals surface area contributed by atoms with Crippen LogP contribution in [0.15, 0.2) is 24.3 Å². The molecule has 85 heavy (non-hydrogen) atoms. The lowest BCUT2D eigenvalue weighted by Crippen LogP contribution is -2.30. The van der Waals surface area contributed by atoms with E-state index in [4.69, 9.17) is 37.0 Å². The van der Waals surface area contributed by atoms with Crippen LogP contribution in [0.25, 0.3) is 0 Å². The molecule has 0 bridgehead atoms. The van der Waals surface area contributed by atoms with Crippen LogP contribution >= 0.6 is 15.6 Å². The summed E-state index contributed by atoms with van der Waals surface area (Å²) < 4.78 is 67.8. The van der Waals surface area contributed by atoms with E-state index in [-0.39, 0.29) is 25.7 Å². The van der Waals surface area contributed by atoms with Gasteiger partial charge < -0.3 is 33.8 Å². The zero-order valence-electron chi connectivity index (χ0n) is 54.1. The largest absolute Gasteiger partial charge is 0.472 e. The normalized spacial score (nSPS) is 14.3. The summed E-state index contributed by atoms with van der Waals surface area (Å²) >= 11 is 0. The van der Waals surface area contributed by atoms with E-state index >= 15 is 0 Å². The second kappa shape index (κ2) is 60.5. The molecule has 5 atom stereocenters. The van der Waals surface area contributed by atoms with Crippen LogP contribution in [0.4, 0.5) is 0 Å². The lowest BCUT2D eigenvalue weighted by molar-refractivity contribution is -0.161. The van der Waals surface area contributed by atoms with E-state index in [9.17, 15) is 43.2 Å². The number of carbonyl (C=O) groups is 4. The smallest absolute Gasteiger partial charge is 0.462 e. The molecule has 2 unspecified atom stereocenters. The molecule has 19 heteroatoms. The van der Waals surface area contributed by atoms with Crippen molar-refractivity contribution in [3.05, 3.63) is 24.3 Å². The van der Waals surface area contributed by atoms with Crippen molar-refractivity contribution in [1.82, 2.24) is 0 Å². The first-order chi connectivity index (χ1) is 41.2. The molecule has 500 valence electrons. The average molecular weight is 1250 g/mol. The van der Waals surface area contributed by atoms with Crippen molar-refractivity contribution in [2.75, 3.05) is 39.6 Å². The number of carbonyl (C=O) groups excluding carboxylic acids is 4. The highest BCUT2D eigenvalue weighted by Crippen LogP contribution is 2.45. The molecule has 0 saturated carbocycles. The Morgan fingerprint density at radius 3 is 0.859 bits per heavy atom. The van der Waals surface area contributed by atoms with Crippen molar-refractivity contribution in [2.24, 2.45) is 0 Å². The van der Waals surface area contributed by atoms with E-state index < -0.39 is 97.5 Å². The van der Waals surface area contributed by atoms with Gasteiger partial charge in [0.2, 0.25) is 0 Å². The molecule has 0 heterocycles. The minimum atomic E-state index is -4.95. The molecule has 0 fully saturated rings. The Balaban J connectivity index is 5.20. The van der Waals surface area contributed by atoms with Gasteiger partial charge in [-0.05, 0) is 51.4 Å². The molecule has 0 saturated heterocycles. The van der Waals surface area contributed by atoms with Crippen LogP contribution in [0, 0.1) is 0 Å². The Bertz CT molecular complexity index is 1730. The van der Waals surface area contributed by atoms with Crippen molar-refractivity contribution in [2.45, 2.75) is 335 Å². The summed E-state index contributed by atoms with van der Waals surface area (Å²) in [6.45, 7) is 4.76. The van der Waals surface area contributed by atoms with Crippen molar-refractivity contribution in [1.29, 1.82) is 0 Å². The maximum absolute atomic E-state index is 13.0. The molecule has 0 aliphatic rings. The summed E-state index contributed by atoms with van der Waals surface area (Å²) in [5, 5.41) is 10.5. The zero-order valence-corrected chi connectivity index (χ0v) is 55.8. The van der Waals surface area contributed by atoms with Gasteiger partial charge in [-0.3, -0.25) is 37.3 Å². The van der Waals surface area contributed by atoms with Gasteiger partial charge in [0.25, 0.3) is 0 Å². The van der Waals surface area contributed by atoms with Crippen LogP contribution in [0.1, 0.15) is 317 Å². The van der Waals surface area contributed by atoms with Crippen molar-refractivity contribution < 1.29 is 80.2 Å². The second-order valence-corrected chi connectivity index (χ2v) is 26.1. The quantitative estimate of drug-likeness (QED) is 0.0169. The minimum absolute atomic E-state index is 0.101. The number of rotatable bonds is 65. The Morgan fingerprint density at radius 1 is 0.329 bits per heavy atom. The van der Waals surface area contributed by atoms with Crippen LogP contribution in [-0.4, -0.2) is 96.7 Å². The maximum Gasteiger partial charge on any atom is 0.472 e. The van der Waals surface area contributed by atoms with Gasteiger partial charge in [-0.1, -0.05) is 264 Å². The Morgan fingerprint density at radius 2 is 0.565 bits per heavy atom. The lowest BCUT2D eigenvalue weighted by atomic mass is 10.0. The summed E-state index contributed by atoms with van der Waals surface area (Å²) in [6.07, 6.45) is 49.7. The third kappa shape index (κ3) is 60.2. The van der Waals surface area contributed by atoms with E-state index in [0.29, 0.717) is 25.7 Å². The van der Waals surface area contributed by atoms with Crippen LogP contribution < -0.4 is 0 Å². The van der Waals surface area contributed by atoms with Crippen LogP contribution in [0.2, 0.25) is 0 Å². The van der Waals surface area contributed by atoms with Gasteiger partial charge in [0, 0.05) is 25.7 Å². The number of unbranched alkanes of at least 4 members (excludes halogenated alkanes) is 36. The first kappa shape index (κ1) is 82.5. The Labute approximate surface area is 516 Å². The molecule has 0 aromatic rings. The fraction of sp³-hybridized carbons (Fsp3) is 0.879. The van der Waals surface area contributed by atoms with Gasteiger partial charge in [0.15, 0.2) is 12.2 Å². The molecule has 0 radical (unpaired) electrons. The van der Waals surface area contributed by atoms with Crippen molar-refractivity contribution >= 4 is 39.5 Å². The predicted octanol–water partition coefficient (Wildman–Crippen LogP) is 18.3. The number of hydrogen-bond acceptors (Lipinski definition) is 15. The number of allylic oxidation sites excluding steroid dienone is 4. The van der Waals surface area contributed by atoms with Gasteiger partial charge in [-0.2, -0.15) is 0 Å². The number of phosphoric ester groups is 2. The van der Waals surface area contributed by atoms with E-state index in [2.05, 4.69) is 52.0 Å². The Kier molecular flexibility index (Phi) is 58.7. The average Bonchev–Trinajstić information content (AvgIpc) is 3.57. The number of esters is 4. The zero-order chi connectivity index (χ0) is 62.6. The monoisotopic (exact) mass is 1250 g/mol. The third-order valence-electron chi connectivity index (χ3n) is 14.7. The van der Waals surface area contributed by atoms with Gasteiger partial charge in [0.05, 0.1) is 26.4 Å². The summed E-state index contributed by atoms with van der Waals surface area (Å²) in [6, 6.07) is 0. The molecule has 17 nitrogen and oxygen atoms in total. The highest BCUT2D eigenvalue weighted by molar-refractivity contribution is 7.47. The molecule has 0 aromatic carbocycles. The fourth-order valence-electron chi connectivity index (χ4n) is 9.45. The first-order valence-corrected chi connectivity index (χ1v) is 37.1. The minimum Gasteiger partial charge on any atom is -0.462 e. The van der Waals surface area contributed by atoms with E-state index in [1.54, 1.807) is 0 Å². The third-order valence-corrected chi connectivity index (χ3v) is 16.6. The number of aliphatic hydroxyl groups excluding tert-OH is 1. The predicted molar refractivity (Wildman–Crippen MR) is 340 cm³/mol. The summed E-state index contributed by atoms with van der Waals surface area (Å²) in [4.78, 5) is 72.0. The summed E-state index contributed by atoms with van der Waals surface area (Å²) in [5.41, 5.74) is 0. The SMILES string of the molecule is CCCCCC/C=C\C=C/CCCCCCCC(=O)OC[C@H](COP(=O)(O)OC[C@@H](O)COP(=O)(O)OC[C@@H](COC(=O)CCCCCCCCC)OC(=O)CCCCCCCCC)OC(=O)CCCCCCCCCCCCCCCCCC. The summed E-state index contributed by atoms with van der Waals surface area (Å²) in [7, 11) is -9.89. The van der Waals surface area contributed by atoms with Crippen molar-refractivity contribution in [3.8, 4) is 0 Å². The highest BCUT2D eigenvalue weighted by atomic mass is 31.2. The molecule has 0 aromatic heterocycles. The standard InChI is InChI=1S/C66H124O17P2/c1-5-9-13-17-21-23-25-27-29-31-33-35-37-41-45-49-53-66(71)83-62(57-77-64(69)51-47-43-40-36-34-32-30-28-26-24-22-18-14-10-6-2)59-81-85(74,75)79-55-60(67)54-78-84(72,73)80-58-61(82-65(70)52-48-44-39-20-16-12-8-4)56-76-63(68)50-46-42-38-19-15-11-7-3/h24,26,28,30,60-62,67H,5-23,25,27,29,31-59H2,1-4H3,(H,72,73)(H,74,75)/b26-24-,30-28-/t60-,61+,62+/m0/s1. The molecular weight excluding hydrogens is 1130 g/mol. The Hall–Kier alpha value is -2.46.